The van der Waals surface area contributed by atoms with Gasteiger partial charge in [-0.05, 0) is 89.9 Å². The molecular formula is C49H80O6. The van der Waals surface area contributed by atoms with Crippen molar-refractivity contribution < 1.29 is 28.6 Å². The zero-order valence-corrected chi connectivity index (χ0v) is 35.4. The molecule has 0 amide bonds. The highest BCUT2D eigenvalue weighted by Crippen LogP contribution is 2.12. The number of esters is 3. The van der Waals surface area contributed by atoms with Crippen LogP contribution < -0.4 is 0 Å². The SMILES string of the molecule is CC/C=C\C/C=C\C/C=C\C/C=C\CCCCCCCCC(=O)OCC(COC(=O)CCCCCCC)OC(=O)CCCCC/C=C\C/C=C\C/C=C\CC. The summed E-state index contributed by atoms with van der Waals surface area (Å²) in [5, 5.41) is 0. The van der Waals surface area contributed by atoms with E-state index in [0.717, 1.165) is 135 Å². The molecule has 0 aromatic rings. The summed E-state index contributed by atoms with van der Waals surface area (Å²) < 4.78 is 16.5. The molecule has 0 saturated heterocycles. The van der Waals surface area contributed by atoms with Gasteiger partial charge in [0.1, 0.15) is 13.2 Å². The molecule has 0 fully saturated rings. The Labute approximate surface area is 337 Å². The fraction of sp³-hybridized carbons (Fsp3) is 0.653. The molecule has 312 valence electrons. The zero-order chi connectivity index (χ0) is 40.1. The van der Waals surface area contributed by atoms with Crippen LogP contribution in [0.1, 0.15) is 188 Å². The van der Waals surface area contributed by atoms with Crippen molar-refractivity contribution >= 4 is 17.9 Å². The molecule has 0 aliphatic heterocycles. The third-order valence-corrected chi connectivity index (χ3v) is 8.90. The summed E-state index contributed by atoms with van der Waals surface area (Å²) in [6, 6.07) is 0. The fourth-order valence-corrected chi connectivity index (χ4v) is 5.62. The molecule has 0 saturated carbocycles. The first-order chi connectivity index (χ1) is 27.0. The van der Waals surface area contributed by atoms with E-state index in [1.165, 1.54) is 12.8 Å². The Hall–Kier alpha value is -3.41. The van der Waals surface area contributed by atoms with E-state index < -0.39 is 6.10 Å². The molecule has 1 unspecified atom stereocenters. The highest BCUT2D eigenvalue weighted by atomic mass is 16.6. The van der Waals surface area contributed by atoms with Gasteiger partial charge in [-0.2, -0.15) is 0 Å². The maximum Gasteiger partial charge on any atom is 0.306 e. The van der Waals surface area contributed by atoms with E-state index in [9.17, 15) is 14.4 Å². The topological polar surface area (TPSA) is 78.9 Å². The lowest BCUT2D eigenvalue weighted by Crippen LogP contribution is -2.30. The summed E-state index contributed by atoms with van der Waals surface area (Å²) in [5.41, 5.74) is 0. The molecule has 0 aromatic carbocycles. The molecule has 6 heteroatoms. The molecule has 0 N–H and O–H groups in total. The van der Waals surface area contributed by atoms with Crippen LogP contribution in [0.25, 0.3) is 0 Å². The van der Waals surface area contributed by atoms with Crippen LogP contribution in [0.5, 0.6) is 0 Å². The number of ether oxygens (including phenoxy) is 3. The number of carbonyl (C=O) groups is 3. The van der Waals surface area contributed by atoms with Gasteiger partial charge in [0.2, 0.25) is 0 Å². The summed E-state index contributed by atoms with van der Waals surface area (Å²) in [6.45, 7) is 6.26. The number of rotatable bonds is 38. The highest BCUT2D eigenvalue weighted by Gasteiger charge is 2.19. The average molecular weight is 765 g/mol. The zero-order valence-electron chi connectivity index (χ0n) is 35.4. The van der Waals surface area contributed by atoms with Gasteiger partial charge in [0.25, 0.3) is 0 Å². The molecular weight excluding hydrogens is 685 g/mol. The van der Waals surface area contributed by atoms with E-state index in [0.29, 0.717) is 12.8 Å². The Morgan fingerprint density at radius 3 is 1.13 bits per heavy atom. The second-order valence-electron chi connectivity index (χ2n) is 14.2. The van der Waals surface area contributed by atoms with Crippen molar-refractivity contribution in [3.63, 3.8) is 0 Å². The Kier molecular flexibility index (Phi) is 40.6. The quantitative estimate of drug-likeness (QED) is 0.0270. The van der Waals surface area contributed by atoms with E-state index in [4.69, 9.17) is 14.2 Å². The molecule has 0 heterocycles. The second kappa shape index (κ2) is 43.3. The Morgan fingerprint density at radius 1 is 0.382 bits per heavy atom. The van der Waals surface area contributed by atoms with Crippen LogP contribution >= 0.6 is 0 Å². The van der Waals surface area contributed by atoms with Crippen LogP contribution in [0.4, 0.5) is 0 Å². The number of carbonyl (C=O) groups excluding carboxylic acids is 3. The first-order valence-electron chi connectivity index (χ1n) is 22.1. The lowest BCUT2D eigenvalue weighted by atomic mass is 10.1. The number of allylic oxidation sites excluding steroid dienone is 14. The molecule has 0 spiro atoms. The monoisotopic (exact) mass is 765 g/mol. The minimum absolute atomic E-state index is 0.0954. The number of unbranched alkanes of at least 4 members (excludes halogenated alkanes) is 13. The van der Waals surface area contributed by atoms with E-state index in [2.05, 4.69) is 106 Å². The lowest BCUT2D eigenvalue weighted by molar-refractivity contribution is -0.167. The number of hydrogen-bond acceptors (Lipinski definition) is 6. The average Bonchev–Trinajstić information content (AvgIpc) is 3.18. The summed E-state index contributed by atoms with van der Waals surface area (Å²) in [6.07, 6.45) is 54.5. The van der Waals surface area contributed by atoms with Crippen molar-refractivity contribution in [1.82, 2.24) is 0 Å². The Morgan fingerprint density at radius 2 is 0.709 bits per heavy atom. The minimum atomic E-state index is -0.792. The fourth-order valence-electron chi connectivity index (χ4n) is 5.62. The van der Waals surface area contributed by atoms with Crippen LogP contribution in [0.3, 0.4) is 0 Å². The molecule has 55 heavy (non-hydrogen) atoms. The predicted molar refractivity (Wildman–Crippen MR) is 233 cm³/mol. The highest BCUT2D eigenvalue weighted by molar-refractivity contribution is 5.71. The van der Waals surface area contributed by atoms with Gasteiger partial charge in [-0.15, -0.1) is 0 Å². The summed E-state index contributed by atoms with van der Waals surface area (Å²) >= 11 is 0. The van der Waals surface area contributed by atoms with Crippen molar-refractivity contribution in [2.75, 3.05) is 13.2 Å². The third-order valence-electron chi connectivity index (χ3n) is 8.90. The summed E-state index contributed by atoms with van der Waals surface area (Å²) in [7, 11) is 0. The van der Waals surface area contributed by atoms with Crippen molar-refractivity contribution in [3.8, 4) is 0 Å². The summed E-state index contributed by atoms with van der Waals surface area (Å²) in [5.74, 6) is -0.963. The molecule has 0 aliphatic rings. The van der Waals surface area contributed by atoms with E-state index in [1.54, 1.807) is 0 Å². The van der Waals surface area contributed by atoms with Crippen LogP contribution in [0.2, 0.25) is 0 Å². The van der Waals surface area contributed by atoms with Crippen LogP contribution in [0, 0.1) is 0 Å². The second-order valence-corrected chi connectivity index (χ2v) is 14.2. The lowest BCUT2D eigenvalue weighted by Gasteiger charge is -2.18. The molecule has 1 atom stereocenters. The van der Waals surface area contributed by atoms with Gasteiger partial charge in [-0.3, -0.25) is 14.4 Å². The van der Waals surface area contributed by atoms with Gasteiger partial charge in [0, 0.05) is 19.3 Å². The van der Waals surface area contributed by atoms with Gasteiger partial charge in [0.15, 0.2) is 6.10 Å². The van der Waals surface area contributed by atoms with Gasteiger partial charge in [0.05, 0.1) is 0 Å². The van der Waals surface area contributed by atoms with Crippen LogP contribution in [-0.2, 0) is 28.6 Å². The molecule has 0 bridgehead atoms. The van der Waals surface area contributed by atoms with E-state index in [1.807, 2.05) is 0 Å². The van der Waals surface area contributed by atoms with Crippen molar-refractivity contribution in [3.05, 3.63) is 85.1 Å². The predicted octanol–water partition coefficient (Wildman–Crippen LogP) is 14.1. The first kappa shape index (κ1) is 51.6. The van der Waals surface area contributed by atoms with E-state index in [-0.39, 0.29) is 37.5 Å². The standard InChI is InChI=1S/C49H80O6/c1-4-7-10-13-15-17-19-21-22-23-24-25-26-28-29-31-33-36-39-42-48(51)54-45-46(44-53-47(50)41-38-35-12-9-6-3)55-49(52)43-40-37-34-32-30-27-20-18-16-14-11-8-5-2/h7-8,10-11,15-18,21-22,24-25,27,30,46H,4-6,9,12-14,19-20,23,26,28-29,31-45H2,1-3H3/b10-7-,11-8-,17-15-,18-16-,22-21-,25-24-,30-27-. The third kappa shape index (κ3) is 41.6. The maximum atomic E-state index is 12.6. The molecule has 0 aliphatic carbocycles. The van der Waals surface area contributed by atoms with Gasteiger partial charge in [-0.25, -0.2) is 0 Å². The molecule has 0 aromatic heterocycles. The smallest absolute Gasteiger partial charge is 0.306 e. The van der Waals surface area contributed by atoms with Gasteiger partial charge in [-0.1, -0.05) is 164 Å². The first-order valence-corrected chi connectivity index (χ1v) is 22.1. The van der Waals surface area contributed by atoms with E-state index >= 15 is 0 Å². The molecule has 0 radical (unpaired) electrons. The Bertz CT molecular complexity index is 1110. The van der Waals surface area contributed by atoms with Crippen molar-refractivity contribution in [1.29, 1.82) is 0 Å². The summed E-state index contributed by atoms with van der Waals surface area (Å²) in [4.78, 5) is 37.4. The van der Waals surface area contributed by atoms with Gasteiger partial charge < -0.3 is 14.2 Å². The van der Waals surface area contributed by atoms with Crippen molar-refractivity contribution in [2.24, 2.45) is 0 Å². The maximum absolute atomic E-state index is 12.6. The van der Waals surface area contributed by atoms with Crippen molar-refractivity contribution in [2.45, 2.75) is 194 Å². The van der Waals surface area contributed by atoms with Crippen LogP contribution in [0.15, 0.2) is 85.1 Å². The van der Waals surface area contributed by atoms with Gasteiger partial charge >= 0.3 is 17.9 Å². The minimum Gasteiger partial charge on any atom is -0.462 e. The number of hydrogen-bond donors (Lipinski definition) is 0. The van der Waals surface area contributed by atoms with Crippen LogP contribution in [-0.4, -0.2) is 37.2 Å². The molecule has 0 rings (SSSR count). The molecule has 6 nitrogen and oxygen atoms in total. The normalized spacial score (nSPS) is 12.9. The Balaban J connectivity index is 4.29. The largest absolute Gasteiger partial charge is 0.462 e.